The lowest BCUT2D eigenvalue weighted by Gasteiger charge is -2.08. The zero-order chi connectivity index (χ0) is 20.6. The van der Waals surface area contributed by atoms with Gasteiger partial charge in [-0.1, -0.05) is 23.7 Å². The molecule has 0 fully saturated rings. The van der Waals surface area contributed by atoms with Crippen LogP contribution in [-0.2, 0) is 16.1 Å². The van der Waals surface area contributed by atoms with Crippen molar-refractivity contribution in [3.63, 3.8) is 0 Å². The quantitative estimate of drug-likeness (QED) is 0.577. The van der Waals surface area contributed by atoms with Crippen molar-refractivity contribution in [2.24, 2.45) is 0 Å². The van der Waals surface area contributed by atoms with Crippen LogP contribution in [0.3, 0.4) is 0 Å². The van der Waals surface area contributed by atoms with Gasteiger partial charge >= 0.3 is 5.97 Å². The Kier molecular flexibility index (Phi) is 6.65. The summed E-state index contributed by atoms with van der Waals surface area (Å²) in [5.74, 6) is -1.29. The highest BCUT2D eigenvalue weighted by Crippen LogP contribution is 2.13. The third-order valence-electron chi connectivity index (χ3n) is 3.86. The molecule has 7 nitrogen and oxygen atoms in total. The zero-order valence-electron chi connectivity index (χ0n) is 15.2. The largest absolute Gasteiger partial charge is 0.459 e. The molecule has 1 aromatic heterocycles. The monoisotopic (exact) mass is 412 g/mol. The summed E-state index contributed by atoms with van der Waals surface area (Å²) in [5, 5.41) is 5.90. The van der Waals surface area contributed by atoms with Crippen molar-refractivity contribution in [2.45, 2.75) is 6.54 Å². The minimum absolute atomic E-state index is 0.179. The van der Waals surface area contributed by atoms with Crippen molar-refractivity contribution < 1.29 is 23.5 Å². The molecule has 0 radical (unpaired) electrons. The van der Waals surface area contributed by atoms with Crippen molar-refractivity contribution in [1.82, 2.24) is 5.32 Å². The first kappa shape index (κ1) is 20.2. The number of anilines is 1. The van der Waals surface area contributed by atoms with Gasteiger partial charge in [0.25, 0.3) is 11.8 Å². The lowest BCUT2D eigenvalue weighted by molar-refractivity contribution is -0.124. The number of hydrogen-bond acceptors (Lipinski definition) is 5. The lowest BCUT2D eigenvalue weighted by Crippen LogP contribution is -2.28. The minimum Gasteiger partial charge on any atom is -0.459 e. The summed E-state index contributed by atoms with van der Waals surface area (Å²) in [4.78, 5) is 35.8. The summed E-state index contributed by atoms with van der Waals surface area (Å²) in [5.41, 5.74) is 1.62. The van der Waals surface area contributed by atoms with E-state index in [-0.39, 0.29) is 11.3 Å². The van der Waals surface area contributed by atoms with Gasteiger partial charge < -0.3 is 19.8 Å². The van der Waals surface area contributed by atoms with Gasteiger partial charge in [0.1, 0.15) is 0 Å². The van der Waals surface area contributed by atoms with Crippen molar-refractivity contribution in [2.75, 3.05) is 11.9 Å². The van der Waals surface area contributed by atoms with Gasteiger partial charge in [0.15, 0.2) is 12.4 Å². The molecule has 0 unspecified atom stereocenters. The molecule has 0 aliphatic heterocycles. The number of hydrogen-bond donors (Lipinski definition) is 2. The normalized spacial score (nSPS) is 10.2. The fourth-order valence-corrected chi connectivity index (χ4v) is 2.48. The van der Waals surface area contributed by atoms with Gasteiger partial charge in [-0.15, -0.1) is 0 Å². The molecule has 3 rings (SSSR count). The lowest BCUT2D eigenvalue weighted by atomic mass is 10.2. The van der Waals surface area contributed by atoms with Crippen LogP contribution in [0.25, 0.3) is 0 Å². The molecule has 3 aromatic rings. The number of benzene rings is 2. The number of carbonyl (C=O) groups is 3. The Balaban J connectivity index is 1.44. The first-order chi connectivity index (χ1) is 14.0. The van der Waals surface area contributed by atoms with Crippen molar-refractivity contribution >= 4 is 35.1 Å². The average Bonchev–Trinajstić information content (AvgIpc) is 3.27. The second-order valence-electron chi connectivity index (χ2n) is 5.99. The summed E-state index contributed by atoms with van der Waals surface area (Å²) >= 11 is 5.81. The SMILES string of the molecule is O=C(COC(=O)c1ccc(NC(=O)c2ccco2)cc1)NCc1ccc(Cl)cc1. The van der Waals surface area contributed by atoms with Crippen LogP contribution in [0.4, 0.5) is 5.69 Å². The maximum absolute atomic E-state index is 12.1. The second kappa shape index (κ2) is 9.57. The molecule has 2 amide bonds. The molecule has 2 aromatic carbocycles. The maximum atomic E-state index is 12.1. The fourth-order valence-electron chi connectivity index (χ4n) is 2.36. The van der Waals surface area contributed by atoms with Crippen LogP contribution < -0.4 is 10.6 Å². The number of rotatable bonds is 7. The molecule has 0 spiro atoms. The molecule has 0 aliphatic carbocycles. The Morgan fingerprint density at radius 3 is 2.34 bits per heavy atom. The highest BCUT2D eigenvalue weighted by atomic mass is 35.5. The maximum Gasteiger partial charge on any atom is 0.338 e. The van der Waals surface area contributed by atoms with E-state index in [0.717, 1.165) is 5.56 Å². The van der Waals surface area contributed by atoms with E-state index in [4.69, 9.17) is 20.8 Å². The fraction of sp³-hybridized carbons (Fsp3) is 0.0952. The Bertz CT molecular complexity index is 983. The topological polar surface area (TPSA) is 97.6 Å². The number of nitrogens with one attached hydrogen (secondary N) is 2. The Hall–Kier alpha value is -3.58. The van der Waals surface area contributed by atoms with E-state index in [1.54, 1.807) is 48.5 Å². The van der Waals surface area contributed by atoms with Crippen LogP contribution in [0, 0.1) is 0 Å². The van der Waals surface area contributed by atoms with Crippen LogP contribution in [0.1, 0.15) is 26.5 Å². The third-order valence-corrected chi connectivity index (χ3v) is 4.11. The van der Waals surface area contributed by atoms with Gasteiger partial charge in [0.2, 0.25) is 0 Å². The molecular weight excluding hydrogens is 396 g/mol. The zero-order valence-corrected chi connectivity index (χ0v) is 15.9. The molecule has 2 N–H and O–H groups in total. The third kappa shape index (κ3) is 5.95. The molecular formula is C21H17ClN2O5. The Morgan fingerprint density at radius 2 is 1.69 bits per heavy atom. The van der Waals surface area contributed by atoms with Gasteiger partial charge in [-0.05, 0) is 54.1 Å². The number of furan rings is 1. The van der Waals surface area contributed by atoms with Gasteiger partial charge in [0, 0.05) is 17.3 Å². The molecule has 148 valence electrons. The van der Waals surface area contributed by atoms with Crippen LogP contribution in [0.15, 0.2) is 71.3 Å². The van der Waals surface area contributed by atoms with Crippen LogP contribution in [0.2, 0.25) is 5.02 Å². The summed E-state index contributed by atoms with van der Waals surface area (Å²) in [6.07, 6.45) is 1.40. The van der Waals surface area contributed by atoms with Crippen molar-refractivity contribution in [1.29, 1.82) is 0 Å². The predicted molar refractivity (Wildman–Crippen MR) is 107 cm³/mol. The minimum atomic E-state index is -0.643. The van der Waals surface area contributed by atoms with E-state index in [2.05, 4.69) is 10.6 Å². The number of amides is 2. The number of esters is 1. The highest BCUT2D eigenvalue weighted by Gasteiger charge is 2.12. The van der Waals surface area contributed by atoms with Crippen LogP contribution in [0.5, 0.6) is 0 Å². The molecule has 29 heavy (non-hydrogen) atoms. The number of carbonyl (C=O) groups excluding carboxylic acids is 3. The first-order valence-electron chi connectivity index (χ1n) is 8.64. The summed E-state index contributed by atoms with van der Waals surface area (Å²) in [6, 6.07) is 16.3. The van der Waals surface area contributed by atoms with E-state index in [1.807, 2.05) is 0 Å². The molecule has 1 heterocycles. The van der Waals surface area contributed by atoms with E-state index >= 15 is 0 Å². The van der Waals surface area contributed by atoms with E-state index < -0.39 is 24.4 Å². The van der Waals surface area contributed by atoms with Crippen molar-refractivity contribution in [3.8, 4) is 0 Å². The van der Waals surface area contributed by atoms with Gasteiger partial charge in [-0.2, -0.15) is 0 Å². The van der Waals surface area contributed by atoms with E-state index in [1.165, 1.54) is 18.4 Å². The summed E-state index contributed by atoms with van der Waals surface area (Å²) in [7, 11) is 0. The summed E-state index contributed by atoms with van der Waals surface area (Å²) in [6.45, 7) is -0.0962. The van der Waals surface area contributed by atoms with Crippen LogP contribution in [-0.4, -0.2) is 24.4 Å². The molecule has 8 heteroatoms. The number of ether oxygens (including phenoxy) is 1. The Morgan fingerprint density at radius 1 is 0.966 bits per heavy atom. The van der Waals surface area contributed by atoms with Crippen molar-refractivity contribution in [3.05, 3.63) is 88.8 Å². The molecule has 0 bridgehead atoms. The van der Waals surface area contributed by atoms with Gasteiger partial charge in [0.05, 0.1) is 11.8 Å². The standard InChI is InChI=1S/C21H17ClN2O5/c22-16-7-3-14(4-8-16)12-23-19(25)13-29-21(27)15-5-9-17(10-6-15)24-20(26)18-2-1-11-28-18/h1-11H,12-13H2,(H,23,25)(H,24,26). The number of halogens is 1. The average molecular weight is 413 g/mol. The van der Waals surface area contributed by atoms with E-state index in [0.29, 0.717) is 17.3 Å². The molecule has 0 aliphatic rings. The summed E-state index contributed by atoms with van der Waals surface area (Å²) < 4.78 is 10.0. The molecule has 0 saturated heterocycles. The predicted octanol–water partition coefficient (Wildman–Crippen LogP) is 3.66. The van der Waals surface area contributed by atoms with Gasteiger partial charge in [-0.3, -0.25) is 9.59 Å². The molecule has 0 saturated carbocycles. The van der Waals surface area contributed by atoms with E-state index in [9.17, 15) is 14.4 Å². The highest BCUT2D eigenvalue weighted by molar-refractivity contribution is 6.30. The second-order valence-corrected chi connectivity index (χ2v) is 6.42. The van der Waals surface area contributed by atoms with Gasteiger partial charge in [-0.25, -0.2) is 4.79 Å². The Labute approximate surface area is 171 Å². The van der Waals surface area contributed by atoms with Crippen LogP contribution >= 0.6 is 11.6 Å². The smallest absolute Gasteiger partial charge is 0.338 e. The molecule has 0 atom stereocenters. The first-order valence-corrected chi connectivity index (χ1v) is 9.02.